The van der Waals surface area contributed by atoms with Crippen molar-refractivity contribution in [3.63, 3.8) is 0 Å². The summed E-state index contributed by atoms with van der Waals surface area (Å²) in [6.45, 7) is 0. The van der Waals surface area contributed by atoms with Gasteiger partial charge in [-0.25, -0.2) is 4.39 Å². The number of hydrogen-bond acceptors (Lipinski definition) is 2. The van der Waals surface area contributed by atoms with E-state index in [9.17, 15) is 9.18 Å². The second kappa shape index (κ2) is 5.22. The molecule has 0 saturated carbocycles. The van der Waals surface area contributed by atoms with E-state index in [-0.39, 0.29) is 10.6 Å². The highest BCUT2D eigenvalue weighted by Crippen LogP contribution is 2.28. The summed E-state index contributed by atoms with van der Waals surface area (Å²) in [7, 11) is 1.54. The number of aromatic nitrogens is 1. The quantitative estimate of drug-likeness (QED) is 0.737. The molecule has 2 aromatic carbocycles. The van der Waals surface area contributed by atoms with Gasteiger partial charge in [0.2, 0.25) is 0 Å². The number of nitrogens with one attached hydrogen (secondary N) is 1. The standard InChI is InChI=1S/C16H11ClFNO2/c1-21-9-5-6-14-10(7-9)11(8-19-14)16(20)15-12(17)3-2-4-13(15)18/h2-8,19H,1H3. The molecule has 3 rings (SSSR count). The molecule has 0 unspecified atom stereocenters. The second-order valence-electron chi connectivity index (χ2n) is 4.54. The lowest BCUT2D eigenvalue weighted by Crippen LogP contribution is -2.04. The zero-order valence-corrected chi connectivity index (χ0v) is 11.9. The molecule has 1 aromatic heterocycles. The highest BCUT2D eigenvalue weighted by atomic mass is 35.5. The first-order valence-corrected chi connectivity index (χ1v) is 6.63. The minimum atomic E-state index is -0.634. The van der Waals surface area contributed by atoms with Gasteiger partial charge in [-0.2, -0.15) is 0 Å². The maximum Gasteiger partial charge on any atom is 0.199 e. The molecule has 0 aliphatic carbocycles. The van der Waals surface area contributed by atoms with Crippen LogP contribution in [0, 0.1) is 5.82 Å². The van der Waals surface area contributed by atoms with Gasteiger partial charge in [0.15, 0.2) is 5.78 Å². The molecular formula is C16H11ClFNO2. The Bertz CT molecular complexity index is 821. The third-order valence-electron chi connectivity index (χ3n) is 3.32. The molecule has 0 atom stereocenters. The van der Waals surface area contributed by atoms with Gasteiger partial charge in [0.1, 0.15) is 11.6 Å². The summed E-state index contributed by atoms with van der Waals surface area (Å²) in [6.07, 6.45) is 1.55. The van der Waals surface area contributed by atoms with E-state index in [4.69, 9.17) is 16.3 Å². The van der Waals surface area contributed by atoms with Crippen molar-refractivity contribution in [1.82, 2.24) is 4.98 Å². The van der Waals surface area contributed by atoms with Crippen LogP contribution in [0.25, 0.3) is 10.9 Å². The Labute approximate surface area is 125 Å². The number of rotatable bonds is 3. The predicted molar refractivity (Wildman–Crippen MR) is 79.7 cm³/mol. The number of carbonyl (C=O) groups is 1. The summed E-state index contributed by atoms with van der Waals surface area (Å²) in [6, 6.07) is 9.49. The number of carbonyl (C=O) groups excluding carboxylic acids is 1. The highest BCUT2D eigenvalue weighted by Gasteiger charge is 2.20. The number of H-pyrrole nitrogens is 1. The Morgan fingerprint density at radius 1 is 1.29 bits per heavy atom. The molecule has 0 amide bonds. The van der Waals surface area contributed by atoms with Gasteiger partial charge in [-0.15, -0.1) is 0 Å². The normalized spacial score (nSPS) is 10.8. The lowest BCUT2D eigenvalue weighted by atomic mass is 10.0. The summed E-state index contributed by atoms with van der Waals surface area (Å²) in [5, 5.41) is 0.760. The number of benzene rings is 2. The summed E-state index contributed by atoms with van der Waals surface area (Å²) >= 11 is 5.96. The Kier molecular flexibility index (Phi) is 3.39. The third kappa shape index (κ3) is 2.28. The molecule has 21 heavy (non-hydrogen) atoms. The van der Waals surface area contributed by atoms with Crippen molar-refractivity contribution in [1.29, 1.82) is 0 Å². The molecule has 0 bridgehead atoms. The van der Waals surface area contributed by atoms with Crippen LogP contribution in [0.2, 0.25) is 5.02 Å². The van der Waals surface area contributed by atoms with E-state index < -0.39 is 11.6 Å². The second-order valence-corrected chi connectivity index (χ2v) is 4.95. The minimum Gasteiger partial charge on any atom is -0.497 e. The van der Waals surface area contributed by atoms with Gasteiger partial charge in [-0.05, 0) is 30.3 Å². The molecule has 0 spiro atoms. The summed E-state index contributed by atoms with van der Waals surface area (Å²) in [4.78, 5) is 15.6. The lowest BCUT2D eigenvalue weighted by Gasteiger charge is -2.05. The molecule has 5 heteroatoms. The van der Waals surface area contributed by atoms with E-state index >= 15 is 0 Å². The lowest BCUT2D eigenvalue weighted by molar-refractivity contribution is 0.103. The monoisotopic (exact) mass is 303 g/mol. The van der Waals surface area contributed by atoms with Gasteiger partial charge >= 0.3 is 0 Å². The number of ketones is 1. The first-order chi connectivity index (χ1) is 10.1. The van der Waals surface area contributed by atoms with Crippen LogP contribution in [0.4, 0.5) is 4.39 Å². The van der Waals surface area contributed by atoms with Gasteiger partial charge < -0.3 is 9.72 Å². The number of ether oxygens (including phenoxy) is 1. The summed E-state index contributed by atoms with van der Waals surface area (Å²) in [5.41, 5.74) is 1.00. The average Bonchev–Trinajstić information content (AvgIpc) is 2.89. The molecule has 1 heterocycles. The van der Waals surface area contributed by atoms with Crippen molar-refractivity contribution in [2.75, 3.05) is 7.11 Å². The van der Waals surface area contributed by atoms with Crippen LogP contribution in [0.5, 0.6) is 5.75 Å². The molecular weight excluding hydrogens is 293 g/mol. The van der Waals surface area contributed by atoms with Crippen LogP contribution >= 0.6 is 11.6 Å². The van der Waals surface area contributed by atoms with Crippen LogP contribution in [-0.2, 0) is 0 Å². The smallest absolute Gasteiger partial charge is 0.199 e. The molecule has 1 N–H and O–H groups in total. The van der Waals surface area contributed by atoms with Gasteiger partial charge in [0.25, 0.3) is 0 Å². The number of halogens is 2. The van der Waals surface area contributed by atoms with Crippen molar-refractivity contribution >= 4 is 28.3 Å². The van der Waals surface area contributed by atoms with Crippen molar-refractivity contribution < 1.29 is 13.9 Å². The largest absolute Gasteiger partial charge is 0.497 e. The van der Waals surface area contributed by atoms with Crippen LogP contribution in [-0.4, -0.2) is 17.9 Å². The Morgan fingerprint density at radius 3 is 2.81 bits per heavy atom. The van der Waals surface area contributed by atoms with E-state index in [1.165, 1.54) is 18.2 Å². The molecule has 0 radical (unpaired) electrons. The molecule has 3 aromatic rings. The molecule has 3 nitrogen and oxygen atoms in total. The molecule has 0 aliphatic rings. The fourth-order valence-electron chi connectivity index (χ4n) is 2.26. The first kappa shape index (κ1) is 13.6. The van der Waals surface area contributed by atoms with E-state index in [1.807, 2.05) is 0 Å². The van der Waals surface area contributed by atoms with Crippen molar-refractivity contribution in [3.8, 4) is 5.75 Å². The first-order valence-electron chi connectivity index (χ1n) is 6.25. The van der Waals surface area contributed by atoms with Gasteiger partial charge in [-0.3, -0.25) is 4.79 Å². The van der Waals surface area contributed by atoms with E-state index in [0.29, 0.717) is 16.7 Å². The van der Waals surface area contributed by atoms with E-state index in [2.05, 4.69) is 4.98 Å². The average molecular weight is 304 g/mol. The number of aromatic amines is 1. The number of hydrogen-bond donors (Lipinski definition) is 1. The Hall–Kier alpha value is -2.33. The van der Waals surface area contributed by atoms with Crippen molar-refractivity contribution in [3.05, 3.63) is 64.6 Å². The Morgan fingerprint density at radius 2 is 2.10 bits per heavy atom. The van der Waals surface area contributed by atoms with Crippen LogP contribution < -0.4 is 4.74 Å². The van der Waals surface area contributed by atoms with Crippen molar-refractivity contribution in [2.45, 2.75) is 0 Å². The molecule has 106 valence electrons. The predicted octanol–water partition coefficient (Wildman–Crippen LogP) is 4.20. The maximum absolute atomic E-state index is 13.9. The zero-order chi connectivity index (χ0) is 15.0. The van der Waals surface area contributed by atoms with Crippen molar-refractivity contribution in [2.24, 2.45) is 0 Å². The SMILES string of the molecule is COc1ccc2[nH]cc(C(=O)c3c(F)cccc3Cl)c2c1. The fraction of sp³-hybridized carbons (Fsp3) is 0.0625. The van der Waals surface area contributed by atoms with Crippen LogP contribution in [0.3, 0.4) is 0 Å². The van der Waals surface area contributed by atoms with E-state index in [1.54, 1.807) is 31.5 Å². The molecule has 0 aliphatic heterocycles. The van der Waals surface area contributed by atoms with Gasteiger partial charge in [-0.1, -0.05) is 17.7 Å². The highest BCUT2D eigenvalue weighted by molar-refractivity contribution is 6.35. The van der Waals surface area contributed by atoms with E-state index in [0.717, 1.165) is 5.52 Å². The van der Waals surface area contributed by atoms with Gasteiger partial charge in [0, 0.05) is 22.7 Å². The number of methoxy groups -OCH3 is 1. The fourth-order valence-corrected chi connectivity index (χ4v) is 2.51. The topological polar surface area (TPSA) is 42.1 Å². The minimum absolute atomic E-state index is 0.0947. The zero-order valence-electron chi connectivity index (χ0n) is 11.1. The van der Waals surface area contributed by atoms with Crippen LogP contribution in [0.1, 0.15) is 15.9 Å². The summed E-state index contributed by atoms with van der Waals surface area (Å²) < 4.78 is 19.1. The Balaban J connectivity index is 2.18. The maximum atomic E-state index is 13.9. The van der Waals surface area contributed by atoms with Crippen LogP contribution in [0.15, 0.2) is 42.6 Å². The third-order valence-corrected chi connectivity index (χ3v) is 3.64. The molecule has 0 saturated heterocycles. The van der Waals surface area contributed by atoms with Gasteiger partial charge in [0.05, 0.1) is 17.7 Å². The number of fused-ring (bicyclic) bond motifs is 1. The molecule has 0 fully saturated rings. The summed E-state index contributed by atoms with van der Waals surface area (Å²) in [5.74, 6) is -0.474.